The highest BCUT2D eigenvalue weighted by Gasteiger charge is 2.19. The van der Waals surface area contributed by atoms with Crippen molar-refractivity contribution in [2.45, 2.75) is 0 Å². The lowest BCUT2D eigenvalue weighted by atomic mass is 9.96. The molecule has 1 fully saturated rings. The summed E-state index contributed by atoms with van der Waals surface area (Å²) in [7, 11) is 0. The summed E-state index contributed by atoms with van der Waals surface area (Å²) < 4.78 is 5.57. The molecule has 31 heavy (non-hydrogen) atoms. The predicted molar refractivity (Wildman–Crippen MR) is 127 cm³/mol. The molecule has 152 valence electrons. The number of pyridine rings is 2. The van der Waals surface area contributed by atoms with Crippen molar-refractivity contribution < 1.29 is 4.74 Å². The van der Waals surface area contributed by atoms with Crippen molar-refractivity contribution >= 4 is 39.4 Å². The summed E-state index contributed by atoms with van der Waals surface area (Å²) in [5, 5.41) is 2.28. The van der Waals surface area contributed by atoms with Crippen LogP contribution in [0, 0.1) is 0 Å². The Balaban J connectivity index is 1.60. The standard InChI is InChI=1S/C26H22N4O/c1-2-7-24-18(4-1)14-20(17-28-24)23-15-25(30-10-12-31-13-11-30)29-26-21(5-3-6-22(23)26)19-8-9-27-16-19/h1-9,14-15,17H,10-13,16H2. The van der Waals surface area contributed by atoms with E-state index in [1.165, 1.54) is 5.57 Å². The molecule has 0 amide bonds. The van der Waals surface area contributed by atoms with E-state index in [0.29, 0.717) is 6.54 Å². The second kappa shape index (κ2) is 7.60. The number of morpholine rings is 1. The third kappa shape index (κ3) is 3.27. The molecule has 5 heteroatoms. The molecule has 0 atom stereocenters. The highest BCUT2D eigenvalue weighted by Crippen LogP contribution is 2.36. The van der Waals surface area contributed by atoms with Crippen LogP contribution in [-0.2, 0) is 4.74 Å². The maximum Gasteiger partial charge on any atom is 0.130 e. The fraction of sp³-hybridized carbons (Fsp3) is 0.192. The van der Waals surface area contributed by atoms with Crippen molar-refractivity contribution in [1.29, 1.82) is 0 Å². The molecular weight excluding hydrogens is 384 g/mol. The number of aromatic nitrogens is 2. The van der Waals surface area contributed by atoms with Gasteiger partial charge in [-0.2, -0.15) is 0 Å². The topological polar surface area (TPSA) is 50.6 Å². The van der Waals surface area contributed by atoms with Crippen LogP contribution >= 0.6 is 0 Å². The van der Waals surface area contributed by atoms with Gasteiger partial charge in [-0.15, -0.1) is 0 Å². The molecule has 0 saturated carbocycles. The maximum absolute atomic E-state index is 5.57. The van der Waals surface area contributed by atoms with Crippen molar-refractivity contribution in [3.63, 3.8) is 0 Å². The number of benzene rings is 2. The first-order chi connectivity index (χ1) is 15.4. The Bertz CT molecular complexity index is 1350. The SMILES string of the molecule is C1=NCC(c2cccc3c(-c4cnc5ccccc5c4)cc(N4CCOCC4)nc23)=C1. The van der Waals surface area contributed by atoms with Crippen molar-refractivity contribution in [3.8, 4) is 11.1 Å². The molecule has 2 aliphatic heterocycles. The first-order valence-electron chi connectivity index (χ1n) is 10.7. The van der Waals surface area contributed by atoms with Crippen molar-refractivity contribution in [2.24, 2.45) is 4.99 Å². The van der Waals surface area contributed by atoms with Gasteiger partial charge in [0, 0.05) is 47.4 Å². The Kier molecular flexibility index (Phi) is 4.47. The van der Waals surface area contributed by atoms with Crippen LogP contribution in [0.25, 0.3) is 38.5 Å². The minimum atomic E-state index is 0.704. The van der Waals surface area contributed by atoms with Gasteiger partial charge in [-0.05, 0) is 35.4 Å². The van der Waals surface area contributed by atoms with Crippen LogP contribution in [0.5, 0.6) is 0 Å². The van der Waals surface area contributed by atoms with E-state index >= 15 is 0 Å². The molecule has 2 aliphatic rings. The van der Waals surface area contributed by atoms with Crippen LogP contribution < -0.4 is 4.90 Å². The number of fused-ring (bicyclic) bond motifs is 2. The molecule has 0 unspecified atom stereocenters. The van der Waals surface area contributed by atoms with Crippen LogP contribution in [0.4, 0.5) is 5.82 Å². The zero-order chi connectivity index (χ0) is 20.6. The molecule has 0 spiro atoms. The van der Waals surface area contributed by atoms with E-state index in [2.05, 4.69) is 58.4 Å². The number of ether oxygens (including phenoxy) is 1. The first-order valence-corrected chi connectivity index (χ1v) is 10.7. The zero-order valence-electron chi connectivity index (χ0n) is 17.2. The molecule has 4 aromatic rings. The molecule has 2 aromatic heterocycles. The number of anilines is 1. The van der Waals surface area contributed by atoms with Crippen LogP contribution in [0.1, 0.15) is 5.56 Å². The van der Waals surface area contributed by atoms with Gasteiger partial charge in [-0.25, -0.2) is 4.98 Å². The van der Waals surface area contributed by atoms with E-state index in [9.17, 15) is 0 Å². The molecule has 0 aliphatic carbocycles. The van der Waals surface area contributed by atoms with Gasteiger partial charge in [0.1, 0.15) is 5.82 Å². The molecule has 0 N–H and O–H groups in total. The van der Waals surface area contributed by atoms with Crippen molar-refractivity contribution in [2.75, 3.05) is 37.7 Å². The van der Waals surface area contributed by atoms with Gasteiger partial charge in [0.25, 0.3) is 0 Å². The highest BCUT2D eigenvalue weighted by atomic mass is 16.5. The first kappa shape index (κ1) is 18.2. The third-order valence-electron chi connectivity index (χ3n) is 6.05. The van der Waals surface area contributed by atoms with Gasteiger partial charge >= 0.3 is 0 Å². The number of hydrogen-bond acceptors (Lipinski definition) is 5. The van der Waals surface area contributed by atoms with E-state index in [1.807, 2.05) is 24.5 Å². The smallest absolute Gasteiger partial charge is 0.130 e. The van der Waals surface area contributed by atoms with E-state index in [1.54, 1.807) is 0 Å². The minimum absolute atomic E-state index is 0.704. The monoisotopic (exact) mass is 406 g/mol. The summed E-state index contributed by atoms with van der Waals surface area (Å²) in [6.07, 6.45) is 5.95. The Morgan fingerprint density at radius 2 is 1.81 bits per heavy atom. The maximum atomic E-state index is 5.57. The lowest BCUT2D eigenvalue weighted by Crippen LogP contribution is -2.36. The molecule has 6 rings (SSSR count). The molecule has 0 bridgehead atoms. The van der Waals surface area contributed by atoms with Crippen LogP contribution in [0.2, 0.25) is 0 Å². The zero-order valence-corrected chi connectivity index (χ0v) is 17.2. The van der Waals surface area contributed by atoms with Crippen LogP contribution in [0.15, 0.2) is 71.9 Å². The predicted octanol–water partition coefficient (Wildman–Crippen LogP) is 4.75. The number of para-hydroxylation sites is 2. The van der Waals surface area contributed by atoms with Crippen molar-refractivity contribution in [1.82, 2.24) is 9.97 Å². The molecule has 4 heterocycles. The molecule has 5 nitrogen and oxygen atoms in total. The van der Waals surface area contributed by atoms with Crippen molar-refractivity contribution in [3.05, 3.63) is 72.4 Å². The summed E-state index contributed by atoms with van der Waals surface area (Å²) in [5.41, 5.74) is 6.65. The van der Waals surface area contributed by atoms with Gasteiger partial charge in [-0.1, -0.05) is 36.4 Å². The van der Waals surface area contributed by atoms with E-state index in [4.69, 9.17) is 14.7 Å². The average molecular weight is 406 g/mol. The molecule has 0 radical (unpaired) electrons. The normalized spacial score (nSPS) is 16.3. The quantitative estimate of drug-likeness (QED) is 0.492. The number of aliphatic imine (C=N–C) groups is 1. The fourth-order valence-corrected chi connectivity index (χ4v) is 4.43. The van der Waals surface area contributed by atoms with Gasteiger partial charge in [0.2, 0.25) is 0 Å². The number of allylic oxidation sites excluding steroid dienone is 1. The Morgan fingerprint density at radius 1 is 0.903 bits per heavy atom. The largest absolute Gasteiger partial charge is 0.378 e. The van der Waals surface area contributed by atoms with Gasteiger partial charge in [0.15, 0.2) is 0 Å². The van der Waals surface area contributed by atoms with E-state index in [-0.39, 0.29) is 0 Å². The summed E-state index contributed by atoms with van der Waals surface area (Å²) in [4.78, 5) is 16.6. The van der Waals surface area contributed by atoms with Crippen LogP contribution in [0.3, 0.4) is 0 Å². The fourth-order valence-electron chi connectivity index (χ4n) is 4.43. The summed E-state index contributed by atoms with van der Waals surface area (Å²) in [6.45, 7) is 3.86. The van der Waals surface area contributed by atoms with Gasteiger partial charge in [0.05, 0.1) is 30.8 Å². The second-order valence-corrected chi connectivity index (χ2v) is 7.93. The number of nitrogens with zero attached hydrogens (tertiary/aromatic N) is 4. The van der Waals surface area contributed by atoms with E-state index in [0.717, 1.165) is 70.6 Å². The Labute approximate surface area is 180 Å². The average Bonchev–Trinajstić information content (AvgIpc) is 3.38. The minimum Gasteiger partial charge on any atom is -0.378 e. The Morgan fingerprint density at radius 3 is 2.68 bits per heavy atom. The number of hydrogen-bond donors (Lipinski definition) is 0. The third-order valence-corrected chi connectivity index (χ3v) is 6.05. The number of rotatable bonds is 3. The lowest BCUT2D eigenvalue weighted by molar-refractivity contribution is 0.122. The summed E-state index contributed by atoms with van der Waals surface area (Å²) in [6, 6.07) is 19.1. The Hall–Kier alpha value is -3.57. The molecule has 1 saturated heterocycles. The molecular formula is C26H22N4O. The van der Waals surface area contributed by atoms with Gasteiger partial charge < -0.3 is 9.64 Å². The van der Waals surface area contributed by atoms with E-state index < -0.39 is 0 Å². The lowest BCUT2D eigenvalue weighted by Gasteiger charge is -2.29. The summed E-state index contributed by atoms with van der Waals surface area (Å²) in [5.74, 6) is 0.992. The second-order valence-electron chi connectivity index (χ2n) is 7.93. The van der Waals surface area contributed by atoms with Gasteiger partial charge in [-0.3, -0.25) is 9.98 Å². The summed E-state index contributed by atoms with van der Waals surface area (Å²) >= 11 is 0. The van der Waals surface area contributed by atoms with Crippen LogP contribution in [-0.4, -0.2) is 49.0 Å². The highest BCUT2D eigenvalue weighted by molar-refractivity contribution is 6.04. The molecule has 2 aromatic carbocycles.